The quantitative estimate of drug-likeness (QED) is 0.562. The average molecular weight is 371 g/mol. The van der Waals surface area contributed by atoms with Crippen LogP contribution in [0.5, 0.6) is 5.75 Å². The van der Waals surface area contributed by atoms with Crippen LogP contribution >= 0.6 is 0 Å². The number of nitrogens with one attached hydrogen (secondary N) is 1. The lowest BCUT2D eigenvalue weighted by Crippen LogP contribution is -2.14. The Morgan fingerprint density at radius 3 is 2.50 bits per heavy atom. The van der Waals surface area contributed by atoms with E-state index in [1.807, 2.05) is 84.4 Å². The van der Waals surface area contributed by atoms with Gasteiger partial charge in [0.2, 0.25) is 5.91 Å². The molecule has 2 aromatic carbocycles. The third kappa shape index (κ3) is 3.74. The van der Waals surface area contributed by atoms with Gasteiger partial charge in [-0.05, 0) is 48.4 Å². The molecule has 140 valence electrons. The van der Waals surface area contributed by atoms with E-state index in [-0.39, 0.29) is 5.91 Å². The fraction of sp³-hybridized carbons (Fsp3) is 0.130. The van der Waals surface area contributed by atoms with Crippen molar-refractivity contribution in [2.75, 3.05) is 12.4 Å². The number of pyridine rings is 1. The maximum Gasteiger partial charge on any atom is 0.228 e. The summed E-state index contributed by atoms with van der Waals surface area (Å²) in [7, 11) is 1.62. The molecule has 4 rings (SSSR count). The highest BCUT2D eigenvalue weighted by Gasteiger charge is 2.08. The molecule has 5 heteroatoms. The van der Waals surface area contributed by atoms with Crippen LogP contribution in [0.25, 0.3) is 16.9 Å². The number of carbonyl (C=O) groups is 1. The van der Waals surface area contributed by atoms with E-state index in [0.717, 1.165) is 39.5 Å². The van der Waals surface area contributed by atoms with Crippen LogP contribution < -0.4 is 10.1 Å². The second kappa shape index (κ2) is 7.56. The van der Waals surface area contributed by atoms with Crippen LogP contribution in [0.3, 0.4) is 0 Å². The summed E-state index contributed by atoms with van der Waals surface area (Å²) in [5.74, 6) is 0.725. The molecule has 0 saturated carbocycles. The molecular weight excluding hydrogens is 350 g/mol. The molecule has 0 aliphatic carbocycles. The Hall–Kier alpha value is -3.60. The number of rotatable bonds is 5. The highest BCUT2D eigenvalue weighted by Crippen LogP contribution is 2.22. The second-order valence-electron chi connectivity index (χ2n) is 6.70. The van der Waals surface area contributed by atoms with Crippen molar-refractivity contribution >= 4 is 17.2 Å². The van der Waals surface area contributed by atoms with Crippen LogP contribution in [0, 0.1) is 6.92 Å². The van der Waals surface area contributed by atoms with Crippen LogP contribution in [0.1, 0.15) is 11.1 Å². The molecule has 0 radical (unpaired) electrons. The zero-order valence-corrected chi connectivity index (χ0v) is 15.8. The lowest BCUT2D eigenvalue weighted by molar-refractivity contribution is -0.115. The van der Waals surface area contributed by atoms with Gasteiger partial charge in [-0.2, -0.15) is 0 Å². The minimum absolute atomic E-state index is 0.0544. The van der Waals surface area contributed by atoms with Gasteiger partial charge in [0.1, 0.15) is 11.4 Å². The minimum atomic E-state index is -0.0544. The van der Waals surface area contributed by atoms with Gasteiger partial charge < -0.3 is 14.5 Å². The number of aryl methyl sites for hydroxylation is 1. The normalized spacial score (nSPS) is 10.8. The number of carbonyl (C=O) groups excluding carboxylic acids is 1. The monoisotopic (exact) mass is 371 g/mol. The fourth-order valence-corrected chi connectivity index (χ4v) is 3.15. The molecule has 0 bridgehead atoms. The molecule has 1 amide bonds. The summed E-state index contributed by atoms with van der Waals surface area (Å²) in [6.45, 7) is 2.05. The van der Waals surface area contributed by atoms with E-state index >= 15 is 0 Å². The highest BCUT2D eigenvalue weighted by molar-refractivity contribution is 5.92. The van der Waals surface area contributed by atoms with E-state index in [0.29, 0.717) is 6.42 Å². The van der Waals surface area contributed by atoms with Crippen LogP contribution in [-0.4, -0.2) is 22.4 Å². The largest absolute Gasteiger partial charge is 0.497 e. The molecule has 2 aromatic heterocycles. The van der Waals surface area contributed by atoms with E-state index in [1.54, 1.807) is 7.11 Å². The van der Waals surface area contributed by atoms with Gasteiger partial charge in [-0.1, -0.05) is 30.3 Å². The van der Waals surface area contributed by atoms with Crippen molar-refractivity contribution in [3.8, 4) is 17.0 Å². The van der Waals surface area contributed by atoms with Crippen molar-refractivity contribution in [2.24, 2.45) is 0 Å². The molecule has 0 unspecified atom stereocenters. The average Bonchev–Trinajstić information content (AvgIpc) is 3.15. The summed E-state index contributed by atoms with van der Waals surface area (Å²) < 4.78 is 7.16. The van der Waals surface area contributed by atoms with Crippen molar-refractivity contribution in [1.29, 1.82) is 0 Å². The number of ether oxygens (including phenoxy) is 1. The zero-order valence-electron chi connectivity index (χ0n) is 15.8. The van der Waals surface area contributed by atoms with Crippen molar-refractivity contribution in [3.05, 3.63) is 84.2 Å². The predicted octanol–water partition coefficient (Wildman–Crippen LogP) is 4.50. The number of nitrogens with zero attached hydrogens (tertiary/aromatic N) is 2. The van der Waals surface area contributed by atoms with Crippen LogP contribution in [-0.2, 0) is 11.2 Å². The first kappa shape index (κ1) is 17.8. The molecule has 0 spiro atoms. The maximum absolute atomic E-state index is 12.3. The fourth-order valence-electron chi connectivity index (χ4n) is 3.15. The first-order chi connectivity index (χ1) is 13.6. The third-order valence-electron chi connectivity index (χ3n) is 4.67. The van der Waals surface area contributed by atoms with Gasteiger partial charge in [-0.15, -0.1) is 0 Å². The van der Waals surface area contributed by atoms with Gasteiger partial charge in [-0.3, -0.25) is 4.79 Å². The number of benzene rings is 2. The summed E-state index contributed by atoms with van der Waals surface area (Å²) in [5.41, 5.74) is 5.71. The molecule has 0 atom stereocenters. The number of aromatic nitrogens is 2. The van der Waals surface area contributed by atoms with E-state index in [4.69, 9.17) is 9.72 Å². The minimum Gasteiger partial charge on any atom is -0.497 e. The summed E-state index contributed by atoms with van der Waals surface area (Å²) in [5, 5.41) is 2.94. The first-order valence-corrected chi connectivity index (χ1v) is 9.10. The smallest absolute Gasteiger partial charge is 0.228 e. The number of hydrogen-bond acceptors (Lipinski definition) is 3. The summed E-state index contributed by atoms with van der Waals surface area (Å²) in [6, 6.07) is 19.3. The van der Waals surface area contributed by atoms with Crippen molar-refractivity contribution in [1.82, 2.24) is 9.38 Å². The Morgan fingerprint density at radius 2 is 1.82 bits per heavy atom. The molecular formula is C23H21N3O2. The van der Waals surface area contributed by atoms with Gasteiger partial charge in [-0.25, -0.2) is 4.98 Å². The maximum atomic E-state index is 12.3. The van der Waals surface area contributed by atoms with Crippen molar-refractivity contribution in [2.45, 2.75) is 13.3 Å². The molecule has 4 aromatic rings. The number of anilines is 1. The van der Waals surface area contributed by atoms with Crippen molar-refractivity contribution in [3.63, 3.8) is 0 Å². The van der Waals surface area contributed by atoms with Crippen LogP contribution in [0.4, 0.5) is 5.69 Å². The zero-order chi connectivity index (χ0) is 19.5. The van der Waals surface area contributed by atoms with E-state index in [2.05, 4.69) is 5.32 Å². The standard InChI is InChI=1S/C23H21N3O2/c1-16-4-3-13-26-15-21(25-23(16)26)18-7-9-19(10-8-18)24-22(27)14-17-5-11-20(28-2)12-6-17/h3-13,15H,14H2,1-2H3,(H,24,27). The predicted molar refractivity (Wildman–Crippen MR) is 111 cm³/mol. The summed E-state index contributed by atoms with van der Waals surface area (Å²) >= 11 is 0. The van der Waals surface area contributed by atoms with Crippen molar-refractivity contribution < 1.29 is 9.53 Å². The van der Waals surface area contributed by atoms with Gasteiger partial charge in [0.15, 0.2) is 0 Å². The van der Waals surface area contributed by atoms with E-state index in [9.17, 15) is 4.79 Å². The van der Waals surface area contributed by atoms with Gasteiger partial charge >= 0.3 is 0 Å². The Kier molecular flexibility index (Phi) is 4.81. The highest BCUT2D eigenvalue weighted by atomic mass is 16.5. The second-order valence-corrected chi connectivity index (χ2v) is 6.70. The molecule has 1 N–H and O–H groups in total. The molecule has 5 nitrogen and oxygen atoms in total. The van der Waals surface area contributed by atoms with Gasteiger partial charge in [0, 0.05) is 23.6 Å². The Balaban J connectivity index is 1.44. The number of hydrogen-bond donors (Lipinski definition) is 1. The number of amides is 1. The lowest BCUT2D eigenvalue weighted by Gasteiger charge is -2.07. The summed E-state index contributed by atoms with van der Waals surface area (Å²) in [4.78, 5) is 17.0. The molecule has 0 aliphatic heterocycles. The number of fused-ring (bicyclic) bond motifs is 1. The Morgan fingerprint density at radius 1 is 1.07 bits per heavy atom. The molecule has 0 saturated heterocycles. The molecule has 0 aliphatic rings. The van der Waals surface area contributed by atoms with Crippen LogP contribution in [0.2, 0.25) is 0 Å². The molecule has 0 fully saturated rings. The number of imidazole rings is 1. The van der Waals surface area contributed by atoms with E-state index in [1.165, 1.54) is 0 Å². The molecule has 2 heterocycles. The van der Waals surface area contributed by atoms with Gasteiger partial charge in [0.25, 0.3) is 0 Å². The van der Waals surface area contributed by atoms with E-state index < -0.39 is 0 Å². The summed E-state index contributed by atoms with van der Waals surface area (Å²) in [6.07, 6.45) is 4.32. The van der Waals surface area contributed by atoms with Gasteiger partial charge in [0.05, 0.1) is 19.2 Å². The SMILES string of the molecule is COc1ccc(CC(=O)Nc2ccc(-c3cn4cccc(C)c4n3)cc2)cc1. The van der Waals surface area contributed by atoms with Crippen LogP contribution in [0.15, 0.2) is 73.1 Å². The number of methoxy groups -OCH3 is 1. The Labute approximate surface area is 163 Å². The lowest BCUT2D eigenvalue weighted by atomic mass is 10.1. The third-order valence-corrected chi connectivity index (χ3v) is 4.67. The molecule has 28 heavy (non-hydrogen) atoms. The topological polar surface area (TPSA) is 55.6 Å². The Bertz CT molecular complexity index is 1110. The first-order valence-electron chi connectivity index (χ1n) is 9.10.